The van der Waals surface area contributed by atoms with Gasteiger partial charge in [-0.25, -0.2) is 9.97 Å². The third-order valence-electron chi connectivity index (χ3n) is 3.45. The Balaban J connectivity index is 1.88. The van der Waals surface area contributed by atoms with E-state index in [1.807, 2.05) is 26.2 Å². The molecule has 1 atom stereocenters. The van der Waals surface area contributed by atoms with Crippen molar-refractivity contribution in [3.05, 3.63) is 41.9 Å². The number of hydrogen-bond donors (Lipinski definition) is 2. The van der Waals surface area contributed by atoms with Gasteiger partial charge >= 0.3 is 0 Å². The average molecular weight is 270 g/mol. The van der Waals surface area contributed by atoms with Crippen LogP contribution in [0, 0.1) is 13.8 Å². The highest BCUT2D eigenvalue weighted by molar-refractivity contribution is 5.53. The highest BCUT2D eigenvalue weighted by Gasteiger charge is 2.16. The monoisotopic (exact) mass is 270 g/mol. The lowest BCUT2D eigenvalue weighted by atomic mass is 10.1. The molecule has 0 saturated carbocycles. The molecular formula is C14H18N6. The molecule has 3 aromatic rings. The molecule has 0 unspecified atom stereocenters. The van der Waals surface area contributed by atoms with Gasteiger partial charge < -0.3 is 9.55 Å². The number of imidazole rings is 2. The van der Waals surface area contributed by atoms with Gasteiger partial charge in [0, 0.05) is 36.2 Å². The van der Waals surface area contributed by atoms with Crippen molar-refractivity contribution >= 4 is 0 Å². The van der Waals surface area contributed by atoms with E-state index in [1.54, 1.807) is 6.33 Å². The van der Waals surface area contributed by atoms with E-state index in [0.717, 1.165) is 35.0 Å². The Morgan fingerprint density at radius 3 is 2.80 bits per heavy atom. The molecule has 0 bridgehead atoms. The molecule has 3 aromatic heterocycles. The van der Waals surface area contributed by atoms with Crippen LogP contribution in [-0.4, -0.2) is 29.7 Å². The molecule has 0 amide bonds. The van der Waals surface area contributed by atoms with E-state index < -0.39 is 0 Å². The van der Waals surface area contributed by atoms with Crippen molar-refractivity contribution in [3.63, 3.8) is 0 Å². The molecule has 3 rings (SSSR count). The van der Waals surface area contributed by atoms with E-state index in [2.05, 4.69) is 42.7 Å². The predicted molar refractivity (Wildman–Crippen MR) is 76.3 cm³/mol. The summed E-state index contributed by atoms with van der Waals surface area (Å²) < 4.78 is 2.15. The highest BCUT2D eigenvalue weighted by Crippen LogP contribution is 2.23. The molecule has 3 heterocycles. The second kappa shape index (κ2) is 4.96. The lowest BCUT2D eigenvalue weighted by molar-refractivity contribution is 0.542. The zero-order valence-electron chi connectivity index (χ0n) is 11.9. The summed E-state index contributed by atoms with van der Waals surface area (Å²) in [6.45, 7) is 6.18. The van der Waals surface area contributed by atoms with E-state index in [4.69, 9.17) is 0 Å². The largest absolute Gasteiger partial charge is 0.348 e. The number of nitrogens with zero attached hydrogens (tertiary/aromatic N) is 4. The van der Waals surface area contributed by atoms with Gasteiger partial charge in [0.15, 0.2) is 5.82 Å². The van der Waals surface area contributed by atoms with Crippen LogP contribution in [0.1, 0.15) is 30.0 Å². The first-order valence-electron chi connectivity index (χ1n) is 6.69. The fourth-order valence-electron chi connectivity index (χ4n) is 2.42. The molecule has 0 fully saturated rings. The van der Waals surface area contributed by atoms with Gasteiger partial charge in [-0.1, -0.05) is 0 Å². The van der Waals surface area contributed by atoms with E-state index >= 15 is 0 Å². The van der Waals surface area contributed by atoms with Gasteiger partial charge in [-0.05, 0) is 26.8 Å². The molecule has 0 aromatic carbocycles. The minimum absolute atomic E-state index is 0.270. The van der Waals surface area contributed by atoms with E-state index in [0.29, 0.717) is 0 Å². The molecule has 0 spiro atoms. The summed E-state index contributed by atoms with van der Waals surface area (Å²) in [5, 5.41) is 7.27. The molecular weight excluding hydrogens is 252 g/mol. The van der Waals surface area contributed by atoms with E-state index in [-0.39, 0.29) is 6.04 Å². The number of aromatic amines is 2. The molecule has 0 aliphatic rings. The summed E-state index contributed by atoms with van der Waals surface area (Å²) >= 11 is 0. The van der Waals surface area contributed by atoms with Crippen LogP contribution >= 0.6 is 0 Å². The SMILES string of the molecule is Cc1cc(C[C@H](C)n2ccnc2-c2nc[nH]c2C)n[nH]1. The van der Waals surface area contributed by atoms with Gasteiger partial charge in [-0.15, -0.1) is 0 Å². The lowest BCUT2D eigenvalue weighted by Crippen LogP contribution is -2.09. The minimum atomic E-state index is 0.270. The molecule has 0 aliphatic carbocycles. The summed E-state index contributed by atoms with van der Waals surface area (Å²) in [5.74, 6) is 0.892. The molecule has 0 aliphatic heterocycles. The van der Waals surface area contributed by atoms with Crippen LogP contribution in [0.15, 0.2) is 24.8 Å². The summed E-state index contributed by atoms with van der Waals surface area (Å²) in [6, 6.07) is 2.35. The Morgan fingerprint density at radius 1 is 1.30 bits per heavy atom. The van der Waals surface area contributed by atoms with Crippen LogP contribution < -0.4 is 0 Å². The number of rotatable bonds is 4. The molecule has 6 nitrogen and oxygen atoms in total. The van der Waals surface area contributed by atoms with Crippen molar-refractivity contribution in [2.45, 2.75) is 33.2 Å². The summed E-state index contributed by atoms with van der Waals surface area (Å²) in [7, 11) is 0. The Hall–Kier alpha value is -2.37. The van der Waals surface area contributed by atoms with Crippen molar-refractivity contribution < 1.29 is 0 Å². The predicted octanol–water partition coefficient (Wildman–Crippen LogP) is 2.42. The zero-order chi connectivity index (χ0) is 14.1. The normalized spacial score (nSPS) is 12.8. The van der Waals surface area contributed by atoms with Crippen molar-refractivity contribution in [3.8, 4) is 11.5 Å². The van der Waals surface area contributed by atoms with Gasteiger partial charge in [0.1, 0.15) is 5.69 Å². The number of H-pyrrole nitrogens is 2. The Morgan fingerprint density at radius 2 is 2.15 bits per heavy atom. The number of nitrogens with one attached hydrogen (secondary N) is 2. The van der Waals surface area contributed by atoms with Crippen LogP contribution in [0.3, 0.4) is 0 Å². The van der Waals surface area contributed by atoms with Crippen LogP contribution in [0.25, 0.3) is 11.5 Å². The van der Waals surface area contributed by atoms with Gasteiger partial charge in [-0.2, -0.15) is 5.10 Å². The van der Waals surface area contributed by atoms with E-state index in [9.17, 15) is 0 Å². The number of aryl methyl sites for hydroxylation is 2. The van der Waals surface area contributed by atoms with Gasteiger partial charge in [-0.3, -0.25) is 5.10 Å². The Bertz CT molecular complexity index is 705. The quantitative estimate of drug-likeness (QED) is 0.764. The first-order chi connectivity index (χ1) is 9.65. The average Bonchev–Trinajstić information content (AvgIpc) is 3.10. The minimum Gasteiger partial charge on any atom is -0.348 e. The lowest BCUT2D eigenvalue weighted by Gasteiger charge is -2.14. The summed E-state index contributed by atoms with van der Waals surface area (Å²) in [5.41, 5.74) is 4.08. The fraction of sp³-hybridized carbons (Fsp3) is 0.357. The van der Waals surface area contributed by atoms with Crippen LogP contribution in [0.2, 0.25) is 0 Å². The van der Waals surface area contributed by atoms with Crippen molar-refractivity contribution in [1.29, 1.82) is 0 Å². The third-order valence-corrected chi connectivity index (χ3v) is 3.45. The fourth-order valence-corrected chi connectivity index (χ4v) is 2.42. The van der Waals surface area contributed by atoms with Gasteiger partial charge in [0.25, 0.3) is 0 Å². The number of aromatic nitrogens is 6. The van der Waals surface area contributed by atoms with Crippen LogP contribution in [-0.2, 0) is 6.42 Å². The highest BCUT2D eigenvalue weighted by atomic mass is 15.1. The standard InChI is InChI=1S/C14H18N6/c1-9-6-12(19-18-9)7-10(2)20-5-4-15-14(20)13-11(3)16-8-17-13/h4-6,8,10H,7H2,1-3H3,(H,16,17)(H,18,19)/t10-/m0/s1. The zero-order valence-corrected chi connectivity index (χ0v) is 11.9. The first-order valence-corrected chi connectivity index (χ1v) is 6.69. The molecule has 20 heavy (non-hydrogen) atoms. The van der Waals surface area contributed by atoms with Gasteiger partial charge in [0.05, 0.1) is 12.0 Å². The Labute approximate surface area is 117 Å². The van der Waals surface area contributed by atoms with Crippen molar-refractivity contribution in [1.82, 2.24) is 29.7 Å². The topological polar surface area (TPSA) is 75.2 Å². The smallest absolute Gasteiger partial charge is 0.160 e. The second-order valence-corrected chi connectivity index (χ2v) is 5.13. The maximum Gasteiger partial charge on any atom is 0.160 e. The molecule has 6 heteroatoms. The summed E-state index contributed by atoms with van der Waals surface area (Å²) in [4.78, 5) is 11.9. The maximum absolute atomic E-state index is 4.44. The number of hydrogen-bond acceptors (Lipinski definition) is 3. The molecule has 2 N–H and O–H groups in total. The van der Waals surface area contributed by atoms with Crippen LogP contribution in [0.4, 0.5) is 0 Å². The van der Waals surface area contributed by atoms with Crippen LogP contribution in [0.5, 0.6) is 0 Å². The molecule has 104 valence electrons. The third kappa shape index (κ3) is 2.24. The molecule has 0 radical (unpaired) electrons. The van der Waals surface area contributed by atoms with Gasteiger partial charge in [0.2, 0.25) is 0 Å². The Kier molecular flexibility index (Phi) is 3.14. The summed E-state index contributed by atoms with van der Waals surface area (Å²) in [6.07, 6.45) is 6.37. The van der Waals surface area contributed by atoms with E-state index in [1.165, 1.54) is 0 Å². The van der Waals surface area contributed by atoms with Crippen molar-refractivity contribution in [2.24, 2.45) is 0 Å². The second-order valence-electron chi connectivity index (χ2n) is 5.13. The molecule has 0 saturated heterocycles. The maximum atomic E-state index is 4.44. The van der Waals surface area contributed by atoms with Crippen molar-refractivity contribution in [2.75, 3.05) is 0 Å². The first kappa shape index (κ1) is 12.7.